The lowest BCUT2D eigenvalue weighted by Gasteiger charge is -2.11. The second-order valence-electron chi connectivity index (χ2n) is 5.35. The quantitative estimate of drug-likeness (QED) is 0.612. The van der Waals surface area contributed by atoms with Gasteiger partial charge in [0.25, 0.3) is 5.91 Å². The maximum Gasteiger partial charge on any atom is 0.258 e. The molecule has 0 bridgehead atoms. The minimum Gasteiger partial charge on any atom is -0.321 e. The molecule has 0 spiro atoms. The van der Waals surface area contributed by atoms with Crippen molar-refractivity contribution in [2.45, 2.75) is 10.6 Å². The summed E-state index contributed by atoms with van der Waals surface area (Å²) in [5.41, 5.74) is 1.57. The molecule has 0 heterocycles. The van der Waals surface area contributed by atoms with Crippen LogP contribution in [0.5, 0.6) is 0 Å². The van der Waals surface area contributed by atoms with Gasteiger partial charge in [-0.3, -0.25) is 4.79 Å². The first-order chi connectivity index (χ1) is 12.1. The molecule has 3 aromatic carbocycles. The van der Waals surface area contributed by atoms with Crippen LogP contribution in [0, 0.1) is 11.6 Å². The van der Waals surface area contributed by atoms with Crippen molar-refractivity contribution >= 4 is 23.4 Å². The Hall–Kier alpha value is -2.66. The van der Waals surface area contributed by atoms with Gasteiger partial charge in [0.05, 0.1) is 11.3 Å². The Morgan fingerprint density at radius 1 is 0.920 bits per heavy atom. The van der Waals surface area contributed by atoms with Gasteiger partial charge in [-0.15, -0.1) is 11.8 Å². The van der Waals surface area contributed by atoms with Gasteiger partial charge in [-0.05, 0) is 29.8 Å². The zero-order chi connectivity index (χ0) is 17.6. The molecule has 0 unspecified atom stereocenters. The van der Waals surface area contributed by atoms with Crippen molar-refractivity contribution in [1.29, 1.82) is 0 Å². The zero-order valence-corrected chi connectivity index (χ0v) is 14.0. The number of thioether (sulfide) groups is 1. The normalized spacial score (nSPS) is 10.5. The molecule has 0 aromatic heterocycles. The van der Waals surface area contributed by atoms with Crippen LogP contribution in [-0.2, 0) is 5.75 Å². The smallest absolute Gasteiger partial charge is 0.258 e. The van der Waals surface area contributed by atoms with E-state index in [0.29, 0.717) is 11.8 Å². The Labute approximate surface area is 148 Å². The molecule has 0 aliphatic rings. The van der Waals surface area contributed by atoms with Crippen LogP contribution in [0.4, 0.5) is 14.5 Å². The molecule has 3 rings (SSSR count). The van der Waals surface area contributed by atoms with Crippen LogP contribution in [0.25, 0.3) is 0 Å². The highest BCUT2D eigenvalue weighted by molar-refractivity contribution is 7.98. The lowest BCUT2D eigenvalue weighted by atomic mass is 10.2. The molecule has 25 heavy (non-hydrogen) atoms. The molecule has 3 aromatic rings. The van der Waals surface area contributed by atoms with Crippen LogP contribution in [0.3, 0.4) is 0 Å². The molecule has 0 aliphatic heterocycles. The summed E-state index contributed by atoms with van der Waals surface area (Å²) in [6.45, 7) is 0. The second-order valence-corrected chi connectivity index (χ2v) is 6.37. The van der Waals surface area contributed by atoms with Crippen LogP contribution >= 0.6 is 11.8 Å². The van der Waals surface area contributed by atoms with Gasteiger partial charge in [-0.2, -0.15) is 0 Å². The second kappa shape index (κ2) is 7.94. The minimum absolute atomic E-state index is 0.190. The van der Waals surface area contributed by atoms with Crippen LogP contribution in [0.1, 0.15) is 15.9 Å². The summed E-state index contributed by atoms with van der Waals surface area (Å²) in [6, 6.07) is 20.2. The maximum absolute atomic E-state index is 13.8. The van der Waals surface area contributed by atoms with Gasteiger partial charge in [0.1, 0.15) is 11.6 Å². The number of para-hydroxylation sites is 1. The van der Waals surface area contributed by atoms with Crippen molar-refractivity contribution in [3.8, 4) is 0 Å². The van der Waals surface area contributed by atoms with Gasteiger partial charge in [0, 0.05) is 16.7 Å². The zero-order valence-electron chi connectivity index (χ0n) is 13.2. The summed E-state index contributed by atoms with van der Waals surface area (Å²) >= 11 is 1.58. The molecule has 0 saturated carbocycles. The summed E-state index contributed by atoms with van der Waals surface area (Å²) in [4.78, 5) is 13.2. The number of amides is 1. The van der Waals surface area contributed by atoms with Crippen LogP contribution in [-0.4, -0.2) is 5.91 Å². The average molecular weight is 355 g/mol. The summed E-state index contributed by atoms with van der Waals surface area (Å²) in [7, 11) is 0. The molecule has 0 radical (unpaired) electrons. The van der Waals surface area contributed by atoms with E-state index in [4.69, 9.17) is 0 Å². The Morgan fingerprint density at radius 3 is 2.40 bits per heavy atom. The van der Waals surface area contributed by atoms with E-state index in [-0.39, 0.29) is 5.56 Å². The highest BCUT2D eigenvalue weighted by Crippen LogP contribution is 2.30. The van der Waals surface area contributed by atoms with Gasteiger partial charge in [0.15, 0.2) is 0 Å². The lowest BCUT2D eigenvalue weighted by Crippen LogP contribution is -2.14. The number of benzene rings is 3. The molecule has 0 fully saturated rings. The number of anilines is 1. The molecule has 0 atom stereocenters. The number of halogens is 2. The molecule has 126 valence electrons. The SMILES string of the molecule is O=C(Nc1ccccc1SCc1ccccc1)c1ccc(F)cc1F. The fourth-order valence-electron chi connectivity index (χ4n) is 2.29. The van der Waals surface area contributed by atoms with Gasteiger partial charge >= 0.3 is 0 Å². The average Bonchev–Trinajstić information content (AvgIpc) is 2.61. The van der Waals surface area contributed by atoms with Crippen molar-refractivity contribution in [3.05, 3.63) is 95.6 Å². The lowest BCUT2D eigenvalue weighted by molar-refractivity contribution is 0.102. The third-order valence-electron chi connectivity index (χ3n) is 3.55. The number of rotatable bonds is 5. The van der Waals surface area contributed by atoms with Gasteiger partial charge in [0.2, 0.25) is 0 Å². The number of hydrogen-bond donors (Lipinski definition) is 1. The Bertz CT molecular complexity index is 884. The monoisotopic (exact) mass is 355 g/mol. The summed E-state index contributed by atoms with van der Waals surface area (Å²) < 4.78 is 26.8. The Kier molecular flexibility index (Phi) is 5.46. The largest absolute Gasteiger partial charge is 0.321 e. The molecule has 2 nitrogen and oxygen atoms in total. The highest BCUT2D eigenvalue weighted by atomic mass is 32.2. The Balaban J connectivity index is 1.75. The first-order valence-electron chi connectivity index (χ1n) is 7.65. The minimum atomic E-state index is -0.882. The first kappa shape index (κ1) is 17.2. The molecular formula is C20H15F2NOS. The van der Waals surface area contributed by atoms with Crippen LogP contribution in [0.15, 0.2) is 77.7 Å². The predicted molar refractivity (Wildman–Crippen MR) is 96.8 cm³/mol. The van der Waals surface area contributed by atoms with Gasteiger partial charge in [-0.1, -0.05) is 42.5 Å². The molecule has 1 amide bonds. The van der Waals surface area contributed by atoms with Crippen LogP contribution in [0.2, 0.25) is 0 Å². The third-order valence-corrected chi connectivity index (χ3v) is 4.69. The molecule has 5 heteroatoms. The van der Waals surface area contributed by atoms with E-state index in [1.165, 1.54) is 5.56 Å². The summed E-state index contributed by atoms with van der Waals surface area (Å²) in [5.74, 6) is -1.46. The standard InChI is InChI=1S/C20H15F2NOS/c21-15-10-11-16(17(22)12-15)20(24)23-18-8-4-5-9-19(18)25-13-14-6-2-1-3-7-14/h1-12H,13H2,(H,23,24). The Morgan fingerprint density at radius 2 is 1.64 bits per heavy atom. The molecule has 0 aliphatic carbocycles. The van der Waals surface area contributed by atoms with E-state index < -0.39 is 17.5 Å². The highest BCUT2D eigenvalue weighted by Gasteiger charge is 2.14. The van der Waals surface area contributed by atoms with E-state index in [1.54, 1.807) is 23.9 Å². The van der Waals surface area contributed by atoms with E-state index in [1.807, 2.05) is 42.5 Å². The van der Waals surface area contributed by atoms with Gasteiger partial charge < -0.3 is 5.32 Å². The van der Waals surface area contributed by atoms with E-state index in [0.717, 1.165) is 22.8 Å². The van der Waals surface area contributed by atoms with E-state index in [9.17, 15) is 13.6 Å². The van der Waals surface area contributed by atoms with E-state index in [2.05, 4.69) is 5.32 Å². The van der Waals surface area contributed by atoms with Gasteiger partial charge in [-0.25, -0.2) is 8.78 Å². The molecule has 1 N–H and O–H groups in total. The topological polar surface area (TPSA) is 29.1 Å². The summed E-state index contributed by atoms with van der Waals surface area (Å²) in [6.07, 6.45) is 0. The molecular weight excluding hydrogens is 340 g/mol. The van der Waals surface area contributed by atoms with Crippen molar-refractivity contribution in [3.63, 3.8) is 0 Å². The van der Waals surface area contributed by atoms with Crippen molar-refractivity contribution in [2.24, 2.45) is 0 Å². The molecule has 0 saturated heterocycles. The number of nitrogens with one attached hydrogen (secondary N) is 1. The fraction of sp³-hybridized carbons (Fsp3) is 0.0500. The van der Waals surface area contributed by atoms with Crippen molar-refractivity contribution in [2.75, 3.05) is 5.32 Å². The predicted octanol–water partition coefficient (Wildman–Crippen LogP) is 5.51. The number of carbonyl (C=O) groups excluding carboxylic acids is 1. The van der Waals surface area contributed by atoms with Crippen molar-refractivity contribution in [1.82, 2.24) is 0 Å². The number of hydrogen-bond acceptors (Lipinski definition) is 2. The number of carbonyl (C=O) groups is 1. The maximum atomic E-state index is 13.8. The third kappa shape index (κ3) is 4.45. The first-order valence-corrected chi connectivity index (χ1v) is 8.64. The van der Waals surface area contributed by atoms with Crippen LogP contribution < -0.4 is 5.32 Å². The fourth-order valence-corrected chi connectivity index (χ4v) is 3.26. The van der Waals surface area contributed by atoms with E-state index >= 15 is 0 Å². The summed E-state index contributed by atoms with van der Waals surface area (Å²) in [5, 5.41) is 2.70. The van der Waals surface area contributed by atoms with Crippen molar-refractivity contribution < 1.29 is 13.6 Å².